The van der Waals surface area contributed by atoms with Crippen LogP contribution < -0.4 is 5.32 Å². The van der Waals surface area contributed by atoms with Gasteiger partial charge in [0.05, 0.1) is 6.61 Å². The van der Waals surface area contributed by atoms with Gasteiger partial charge in [-0.2, -0.15) is 0 Å². The lowest BCUT2D eigenvalue weighted by Crippen LogP contribution is -2.58. The maximum Gasteiger partial charge on any atom is 0.327 e. The Labute approximate surface area is 111 Å². The molecular weight excluding hydrogens is 228 g/mol. The van der Waals surface area contributed by atoms with Gasteiger partial charge in [-0.05, 0) is 46.2 Å². The molecule has 1 fully saturated rings. The van der Waals surface area contributed by atoms with Crippen molar-refractivity contribution in [1.82, 2.24) is 10.2 Å². The van der Waals surface area contributed by atoms with Crippen LogP contribution in [-0.2, 0) is 9.53 Å². The summed E-state index contributed by atoms with van der Waals surface area (Å²) in [4.78, 5) is 14.5. The molecule has 0 heterocycles. The molecular formula is C14H28N2O2. The minimum absolute atomic E-state index is 0.127. The maximum atomic E-state index is 12.2. The summed E-state index contributed by atoms with van der Waals surface area (Å²) < 4.78 is 5.22. The second-order valence-corrected chi connectivity index (χ2v) is 5.27. The van der Waals surface area contributed by atoms with E-state index in [0.29, 0.717) is 12.6 Å². The van der Waals surface area contributed by atoms with Gasteiger partial charge >= 0.3 is 5.97 Å². The summed E-state index contributed by atoms with van der Waals surface area (Å²) in [6.45, 7) is 11.1. The van der Waals surface area contributed by atoms with E-state index in [1.54, 1.807) is 0 Å². The van der Waals surface area contributed by atoms with E-state index in [0.717, 1.165) is 26.1 Å². The molecule has 106 valence electrons. The van der Waals surface area contributed by atoms with Crippen LogP contribution in [-0.4, -0.2) is 48.7 Å². The van der Waals surface area contributed by atoms with Crippen molar-refractivity contribution >= 4 is 5.97 Å². The molecule has 1 saturated carbocycles. The van der Waals surface area contributed by atoms with Crippen molar-refractivity contribution in [3.63, 3.8) is 0 Å². The van der Waals surface area contributed by atoms with E-state index in [-0.39, 0.29) is 5.97 Å². The first-order valence-corrected chi connectivity index (χ1v) is 7.23. The van der Waals surface area contributed by atoms with Crippen molar-refractivity contribution in [2.75, 3.05) is 26.2 Å². The largest absolute Gasteiger partial charge is 0.465 e. The molecule has 0 amide bonds. The van der Waals surface area contributed by atoms with Crippen molar-refractivity contribution in [2.24, 2.45) is 0 Å². The number of nitrogens with zero attached hydrogens (tertiary/aromatic N) is 1. The minimum Gasteiger partial charge on any atom is -0.465 e. The summed E-state index contributed by atoms with van der Waals surface area (Å²) >= 11 is 0. The fourth-order valence-corrected chi connectivity index (χ4v) is 2.23. The van der Waals surface area contributed by atoms with E-state index < -0.39 is 5.54 Å². The van der Waals surface area contributed by atoms with Gasteiger partial charge in [0.1, 0.15) is 5.54 Å². The van der Waals surface area contributed by atoms with Crippen LogP contribution in [0.25, 0.3) is 0 Å². The zero-order valence-corrected chi connectivity index (χ0v) is 12.3. The Bertz CT molecular complexity index is 267. The molecule has 1 N–H and O–H groups in total. The summed E-state index contributed by atoms with van der Waals surface area (Å²) in [5, 5.41) is 3.36. The molecule has 0 aliphatic heterocycles. The van der Waals surface area contributed by atoms with Crippen molar-refractivity contribution < 1.29 is 9.53 Å². The highest BCUT2D eigenvalue weighted by Gasteiger charge is 2.39. The first kappa shape index (κ1) is 15.4. The molecule has 0 aromatic rings. The molecule has 1 unspecified atom stereocenters. The van der Waals surface area contributed by atoms with Gasteiger partial charge in [0.15, 0.2) is 0 Å². The lowest BCUT2D eigenvalue weighted by molar-refractivity contribution is -0.151. The van der Waals surface area contributed by atoms with Gasteiger partial charge in [0.25, 0.3) is 0 Å². The van der Waals surface area contributed by atoms with E-state index in [4.69, 9.17) is 4.74 Å². The molecule has 1 rings (SSSR count). The molecule has 0 spiro atoms. The third-order valence-corrected chi connectivity index (χ3v) is 3.48. The van der Waals surface area contributed by atoms with Crippen molar-refractivity contribution in [3.8, 4) is 0 Å². The molecule has 4 nitrogen and oxygen atoms in total. The minimum atomic E-state index is -0.579. The van der Waals surface area contributed by atoms with Crippen LogP contribution in [0.5, 0.6) is 0 Å². The van der Waals surface area contributed by atoms with E-state index in [1.807, 2.05) is 13.8 Å². The van der Waals surface area contributed by atoms with E-state index in [2.05, 4.69) is 24.1 Å². The summed E-state index contributed by atoms with van der Waals surface area (Å²) in [5.74, 6) is -0.127. The van der Waals surface area contributed by atoms with Crippen LogP contribution in [0.3, 0.4) is 0 Å². The third kappa shape index (κ3) is 4.25. The molecule has 1 atom stereocenters. The quantitative estimate of drug-likeness (QED) is 0.639. The Morgan fingerprint density at radius 3 is 2.50 bits per heavy atom. The zero-order chi connectivity index (χ0) is 13.6. The van der Waals surface area contributed by atoms with Crippen molar-refractivity contribution in [3.05, 3.63) is 0 Å². The van der Waals surface area contributed by atoms with Crippen LogP contribution in [0.4, 0.5) is 0 Å². The van der Waals surface area contributed by atoms with Gasteiger partial charge in [-0.1, -0.05) is 13.8 Å². The van der Waals surface area contributed by atoms with Crippen molar-refractivity contribution in [1.29, 1.82) is 0 Å². The van der Waals surface area contributed by atoms with Crippen LogP contribution in [0.15, 0.2) is 0 Å². The standard InChI is InChI=1S/C14H28N2O2/c1-5-10-15-14(4,13(17)18-7-3)11-16(6-2)12-8-9-12/h12,15H,5-11H2,1-4H3. The molecule has 1 aliphatic rings. The topological polar surface area (TPSA) is 41.6 Å². The van der Waals surface area contributed by atoms with Crippen molar-refractivity contribution in [2.45, 2.75) is 58.5 Å². The highest BCUT2D eigenvalue weighted by Crippen LogP contribution is 2.28. The Kier molecular flexibility index (Phi) is 6.09. The first-order valence-electron chi connectivity index (χ1n) is 7.23. The number of nitrogens with one attached hydrogen (secondary N) is 1. The van der Waals surface area contributed by atoms with Crippen LogP contribution in [0.2, 0.25) is 0 Å². The zero-order valence-electron chi connectivity index (χ0n) is 12.3. The molecule has 0 aromatic heterocycles. The van der Waals surface area contributed by atoms with Crippen LogP contribution in [0, 0.1) is 0 Å². The number of hydrogen-bond donors (Lipinski definition) is 1. The predicted molar refractivity (Wildman–Crippen MR) is 73.6 cm³/mol. The highest BCUT2D eigenvalue weighted by molar-refractivity contribution is 5.80. The summed E-state index contributed by atoms with van der Waals surface area (Å²) in [5.41, 5.74) is -0.579. The fourth-order valence-electron chi connectivity index (χ4n) is 2.23. The summed E-state index contributed by atoms with van der Waals surface area (Å²) in [6, 6.07) is 0.673. The monoisotopic (exact) mass is 256 g/mol. The van der Waals surface area contributed by atoms with Gasteiger partial charge in [-0.25, -0.2) is 0 Å². The number of ether oxygens (including phenoxy) is 1. The molecule has 0 radical (unpaired) electrons. The van der Waals surface area contributed by atoms with E-state index in [9.17, 15) is 4.79 Å². The van der Waals surface area contributed by atoms with E-state index >= 15 is 0 Å². The second-order valence-electron chi connectivity index (χ2n) is 5.27. The predicted octanol–water partition coefficient (Wildman–Crippen LogP) is 1.79. The molecule has 0 aromatic carbocycles. The normalized spacial score (nSPS) is 18.7. The fraction of sp³-hybridized carbons (Fsp3) is 0.929. The average molecular weight is 256 g/mol. The number of likely N-dealkylation sites (N-methyl/N-ethyl adjacent to an activating group) is 1. The second kappa shape index (κ2) is 7.10. The van der Waals surface area contributed by atoms with E-state index in [1.165, 1.54) is 12.8 Å². The molecule has 4 heteroatoms. The third-order valence-electron chi connectivity index (χ3n) is 3.48. The molecule has 18 heavy (non-hydrogen) atoms. The van der Waals surface area contributed by atoms with Gasteiger partial charge in [0.2, 0.25) is 0 Å². The average Bonchev–Trinajstić information content (AvgIpc) is 3.18. The maximum absolute atomic E-state index is 12.2. The first-order chi connectivity index (χ1) is 8.57. The lowest BCUT2D eigenvalue weighted by Gasteiger charge is -2.34. The van der Waals surface area contributed by atoms with Gasteiger partial charge in [0, 0.05) is 12.6 Å². The SMILES string of the molecule is CCCNC(C)(CN(CC)C1CC1)C(=O)OCC. The number of rotatable bonds is 9. The summed E-state index contributed by atoms with van der Waals surface area (Å²) in [7, 11) is 0. The number of carbonyl (C=O) groups excluding carboxylic acids is 1. The summed E-state index contributed by atoms with van der Waals surface area (Å²) in [6.07, 6.45) is 3.55. The van der Waals surface area contributed by atoms with Gasteiger partial charge < -0.3 is 10.1 Å². The van der Waals surface area contributed by atoms with Gasteiger partial charge in [-0.3, -0.25) is 9.69 Å². The van der Waals surface area contributed by atoms with Crippen LogP contribution >= 0.6 is 0 Å². The number of carbonyl (C=O) groups is 1. The highest BCUT2D eigenvalue weighted by atomic mass is 16.5. The smallest absolute Gasteiger partial charge is 0.327 e. The number of esters is 1. The number of hydrogen-bond acceptors (Lipinski definition) is 4. The Hall–Kier alpha value is -0.610. The lowest BCUT2D eigenvalue weighted by atomic mass is 10.0. The van der Waals surface area contributed by atoms with Crippen LogP contribution in [0.1, 0.15) is 47.0 Å². The Morgan fingerprint density at radius 1 is 1.39 bits per heavy atom. The Morgan fingerprint density at radius 2 is 2.06 bits per heavy atom. The molecule has 0 bridgehead atoms. The van der Waals surface area contributed by atoms with Gasteiger partial charge in [-0.15, -0.1) is 0 Å². The molecule has 0 saturated heterocycles. The Balaban J connectivity index is 2.65. The molecule has 1 aliphatic carbocycles.